The highest BCUT2D eigenvalue weighted by atomic mass is 32.2. The van der Waals surface area contributed by atoms with Crippen LogP contribution in [0, 0.1) is 5.92 Å². The van der Waals surface area contributed by atoms with Gasteiger partial charge in [-0.2, -0.15) is 13.2 Å². The summed E-state index contributed by atoms with van der Waals surface area (Å²) >= 11 is 1.55. The van der Waals surface area contributed by atoms with Crippen molar-refractivity contribution in [3.63, 3.8) is 0 Å². The van der Waals surface area contributed by atoms with Crippen LogP contribution < -0.4 is 15.5 Å². The lowest BCUT2D eigenvalue weighted by Crippen LogP contribution is -2.28. The van der Waals surface area contributed by atoms with Crippen LogP contribution in [0.2, 0.25) is 0 Å². The van der Waals surface area contributed by atoms with E-state index in [0.29, 0.717) is 5.69 Å². The number of hydrogen-bond donors (Lipinski definition) is 2. The number of anilines is 3. The third kappa shape index (κ3) is 5.38. The van der Waals surface area contributed by atoms with E-state index in [1.165, 1.54) is 17.9 Å². The molecule has 31 heavy (non-hydrogen) atoms. The zero-order valence-corrected chi connectivity index (χ0v) is 17.6. The van der Waals surface area contributed by atoms with Crippen LogP contribution in [0.25, 0.3) is 0 Å². The fourth-order valence-corrected chi connectivity index (χ4v) is 3.71. The van der Waals surface area contributed by atoms with E-state index in [-0.39, 0.29) is 24.6 Å². The maximum absolute atomic E-state index is 13.5. The van der Waals surface area contributed by atoms with E-state index in [0.717, 1.165) is 17.0 Å². The highest BCUT2D eigenvalue weighted by molar-refractivity contribution is 7.98. The van der Waals surface area contributed by atoms with Gasteiger partial charge in [-0.15, -0.1) is 11.8 Å². The Hall–Kier alpha value is -3.01. The summed E-state index contributed by atoms with van der Waals surface area (Å²) in [4.78, 5) is 38.6. The van der Waals surface area contributed by atoms with Crippen molar-refractivity contribution in [1.82, 2.24) is 0 Å². The van der Waals surface area contributed by atoms with E-state index < -0.39 is 35.2 Å². The van der Waals surface area contributed by atoms with Crippen LogP contribution in [-0.2, 0) is 20.6 Å². The first-order valence-corrected chi connectivity index (χ1v) is 10.5. The minimum atomic E-state index is -4.74. The molecule has 0 saturated carbocycles. The molecule has 1 atom stereocenters. The van der Waals surface area contributed by atoms with Gasteiger partial charge in [-0.1, -0.05) is 0 Å². The van der Waals surface area contributed by atoms with Crippen LogP contribution in [0.3, 0.4) is 0 Å². The Morgan fingerprint density at radius 2 is 1.77 bits per heavy atom. The number of hydrogen-bond acceptors (Lipinski definition) is 4. The molecule has 1 fully saturated rings. The number of carbonyl (C=O) groups is 3. The van der Waals surface area contributed by atoms with Gasteiger partial charge in [0.05, 0.1) is 17.2 Å². The molecule has 0 spiro atoms. The topological polar surface area (TPSA) is 78.5 Å². The van der Waals surface area contributed by atoms with E-state index >= 15 is 0 Å². The predicted octanol–water partition coefficient (Wildman–Crippen LogP) is 4.38. The normalized spacial score (nSPS) is 16.4. The van der Waals surface area contributed by atoms with Crippen molar-refractivity contribution in [1.29, 1.82) is 0 Å². The molecule has 164 valence electrons. The summed E-state index contributed by atoms with van der Waals surface area (Å²) in [7, 11) is 0. The molecule has 2 N–H and O–H groups in total. The van der Waals surface area contributed by atoms with Gasteiger partial charge in [-0.3, -0.25) is 14.4 Å². The number of amides is 3. The number of nitrogens with one attached hydrogen (secondary N) is 2. The first-order chi connectivity index (χ1) is 14.6. The number of thioether (sulfide) groups is 1. The van der Waals surface area contributed by atoms with Crippen LogP contribution in [0.4, 0.5) is 30.2 Å². The zero-order chi connectivity index (χ0) is 22.8. The summed E-state index contributed by atoms with van der Waals surface area (Å²) in [5.41, 5.74) is -0.912. The third-order valence-corrected chi connectivity index (χ3v) is 5.53. The van der Waals surface area contributed by atoms with Crippen molar-refractivity contribution in [2.45, 2.75) is 24.4 Å². The van der Waals surface area contributed by atoms with Crippen LogP contribution in [0.5, 0.6) is 0 Å². The Morgan fingerprint density at radius 3 is 2.35 bits per heavy atom. The molecule has 3 rings (SSSR count). The summed E-state index contributed by atoms with van der Waals surface area (Å²) in [6, 6.07) is 10.4. The van der Waals surface area contributed by atoms with Crippen LogP contribution in [0.1, 0.15) is 18.9 Å². The Balaban J connectivity index is 1.76. The first-order valence-electron chi connectivity index (χ1n) is 9.32. The molecular formula is C21H20F3N3O3S. The van der Waals surface area contributed by atoms with Crippen molar-refractivity contribution < 1.29 is 27.6 Å². The largest absolute Gasteiger partial charge is 0.418 e. The highest BCUT2D eigenvalue weighted by Crippen LogP contribution is 2.37. The molecule has 1 saturated heterocycles. The number of rotatable bonds is 5. The molecule has 0 aliphatic carbocycles. The minimum Gasteiger partial charge on any atom is -0.326 e. The maximum Gasteiger partial charge on any atom is 0.418 e. The summed E-state index contributed by atoms with van der Waals surface area (Å²) in [6.45, 7) is 1.26. The molecular weight excluding hydrogens is 431 g/mol. The highest BCUT2D eigenvalue weighted by Gasteiger charge is 2.38. The second-order valence-corrected chi connectivity index (χ2v) is 7.91. The van der Waals surface area contributed by atoms with Crippen LogP contribution >= 0.6 is 11.8 Å². The van der Waals surface area contributed by atoms with Crippen molar-refractivity contribution in [3.8, 4) is 0 Å². The van der Waals surface area contributed by atoms with Gasteiger partial charge in [0, 0.05) is 36.2 Å². The molecule has 10 heteroatoms. The van der Waals surface area contributed by atoms with Crippen molar-refractivity contribution in [2.24, 2.45) is 5.92 Å². The Labute approximate surface area is 181 Å². The standard InChI is InChI=1S/C21H20F3N3O3S/c1-12(28)25-14-3-8-18(17(10-14)21(22,23)24)26-20(30)13-9-19(29)27(11-13)15-4-6-16(31-2)7-5-15/h3-8,10,13H,9,11H2,1-2H3,(H,25,28)(H,26,30). The van der Waals surface area contributed by atoms with E-state index in [1.54, 1.807) is 23.9 Å². The van der Waals surface area contributed by atoms with Gasteiger partial charge in [-0.25, -0.2) is 0 Å². The van der Waals surface area contributed by atoms with Gasteiger partial charge >= 0.3 is 6.18 Å². The smallest absolute Gasteiger partial charge is 0.326 e. The fourth-order valence-electron chi connectivity index (χ4n) is 3.30. The first kappa shape index (κ1) is 22.7. The second kappa shape index (κ2) is 9.01. The lowest BCUT2D eigenvalue weighted by atomic mass is 10.1. The molecule has 0 bridgehead atoms. The van der Waals surface area contributed by atoms with Crippen LogP contribution in [-0.4, -0.2) is 30.5 Å². The Bertz CT molecular complexity index is 1010. The number of benzene rings is 2. The van der Waals surface area contributed by atoms with Gasteiger partial charge in [0.15, 0.2) is 0 Å². The third-order valence-electron chi connectivity index (χ3n) is 4.78. The van der Waals surface area contributed by atoms with Gasteiger partial charge in [-0.05, 0) is 48.7 Å². The lowest BCUT2D eigenvalue weighted by Gasteiger charge is -2.18. The molecule has 1 heterocycles. The monoisotopic (exact) mass is 451 g/mol. The van der Waals surface area contributed by atoms with Crippen LogP contribution in [0.15, 0.2) is 47.4 Å². The number of nitrogens with zero attached hydrogens (tertiary/aromatic N) is 1. The molecule has 0 radical (unpaired) electrons. The SMILES string of the molecule is CSc1ccc(N2CC(C(=O)Nc3ccc(NC(C)=O)cc3C(F)(F)F)CC2=O)cc1. The van der Waals surface area contributed by atoms with Crippen molar-refractivity contribution in [2.75, 3.05) is 28.3 Å². The molecule has 0 aromatic heterocycles. The van der Waals surface area contributed by atoms with Gasteiger partial charge < -0.3 is 15.5 Å². The summed E-state index contributed by atoms with van der Waals surface area (Å²) < 4.78 is 40.4. The number of carbonyl (C=O) groups excluding carboxylic acids is 3. The molecule has 2 aromatic rings. The Kier molecular flexibility index (Phi) is 6.59. The summed E-state index contributed by atoms with van der Waals surface area (Å²) in [5, 5.41) is 4.58. The second-order valence-electron chi connectivity index (χ2n) is 7.03. The molecule has 1 aliphatic rings. The quantitative estimate of drug-likeness (QED) is 0.662. The van der Waals surface area contributed by atoms with E-state index in [1.807, 2.05) is 18.4 Å². The maximum atomic E-state index is 13.5. The summed E-state index contributed by atoms with van der Waals surface area (Å²) in [6.07, 6.45) is -2.91. The summed E-state index contributed by atoms with van der Waals surface area (Å²) in [5.74, 6) is -2.24. The minimum absolute atomic E-state index is 0.0336. The predicted molar refractivity (Wildman–Crippen MR) is 113 cm³/mol. The molecule has 6 nitrogen and oxygen atoms in total. The van der Waals surface area contributed by atoms with Gasteiger partial charge in [0.1, 0.15) is 0 Å². The molecule has 1 unspecified atom stereocenters. The van der Waals surface area contributed by atoms with Crippen molar-refractivity contribution >= 4 is 46.5 Å². The number of halogens is 3. The molecule has 1 aliphatic heterocycles. The van der Waals surface area contributed by atoms with E-state index in [9.17, 15) is 27.6 Å². The average molecular weight is 451 g/mol. The fraction of sp³-hybridized carbons (Fsp3) is 0.286. The van der Waals surface area contributed by atoms with Gasteiger partial charge in [0.2, 0.25) is 17.7 Å². The lowest BCUT2D eigenvalue weighted by molar-refractivity contribution is -0.137. The van der Waals surface area contributed by atoms with Crippen molar-refractivity contribution in [3.05, 3.63) is 48.0 Å². The molecule has 3 amide bonds. The number of alkyl halides is 3. The Morgan fingerprint density at radius 1 is 1.10 bits per heavy atom. The van der Waals surface area contributed by atoms with Gasteiger partial charge in [0.25, 0.3) is 0 Å². The zero-order valence-electron chi connectivity index (χ0n) is 16.7. The van der Waals surface area contributed by atoms with E-state index in [2.05, 4.69) is 10.6 Å². The molecule has 2 aromatic carbocycles. The van der Waals surface area contributed by atoms with E-state index in [4.69, 9.17) is 0 Å². The average Bonchev–Trinajstić information content (AvgIpc) is 3.10.